The number of aliphatic hydroxyl groups excluding tert-OH is 2. The molecule has 0 rings (SSSR count). The predicted molar refractivity (Wildman–Crippen MR) is 48.5 cm³/mol. The van der Waals surface area contributed by atoms with Crippen molar-refractivity contribution >= 4 is 43.3 Å². The molecular weight excluding hydrogens is 264 g/mol. The third kappa shape index (κ3) is 14.5. The van der Waals surface area contributed by atoms with Crippen molar-refractivity contribution in [3.8, 4) is 0 Å². The van der Waals surface area contributed by atoms with Gasteiger partial charge in [0.2, 0.25) is 0 Å². The van der Waals surface area contributed by atoms with Crippen LogP contribution in [0.5, 0.6) is 0 Å². The van der Waals surface area contributed by atoms with E-state index in [1.807, 2.05) is 0 Å². The first-order valence-corrected chi connectivity index (χ1v) is 6.09. The van der Waals surface area contributed by atoms with Gasteiger partial charge in [-0.05, 0) is 13.8 Å². The maximum absolute atomic E-state index is 9.53. The van der Waals surface area contributed by atoms with E-state index >= 15 is 0 Å². The molecule has 2 unspecified atom stereocenters. The van der Waals surface area contributed by atoms with Crippen LogP contribution < -0.4 is 0 Å². The maximum atomic E-state index is 9.53. The van der Waals surface area contributed by atoms with Gasteiger partial charge in [-0.2, -0.15) is 0 Å². The summed E-state index contributed by atoms with van der Waals surface area (Å²) in [5, 5.41) is 16.0. The predicted octanol–water partition coefficient (Wildman–Crippen LogP) is -2.64. The van der Waals surface area contributed by atoms with Gasteiger partial charge in [-0.25, -0.2) is 16.8 Å². The first-order chi connectivity index (χ1) is 5.89. The van der Waals surface area contributed by atoms with Crippen molar-refractivity contribution in [1.29, 1.82) is 0 Å². The van der Waals surface area contributed by atoms with Crippen molar-refractivity contribution in [2.45, 2.75) is 24.7 Å². The molecule has 8 nitrogen and oxygen atoms in total. The summed E-state index contributed by atoms with van der Waals surface area (Å²) >= 11 is 0. The quantitative estimate of drug-likeness (QED) is 0.409. The third-order valence-electron chi connectivity index (χ3n) is 0.836. The zero-order valence-electron chi connectivity index (χ0n) is 8.02. The number of aliphatic hydroxyl groups is 2. The molecule has 0 fully saturated rings. The smallest absolute Gasteiger partial charge is 0.746 e. The summed E-state index contributed by atoms with van der Waals surface area (Å²) in [6.07, 6.45) is 0. The molecule has 0 bridgehead atoms. The molecule has 0 saturated heterocycles. The second kappa shape index (κ2) is 7.73. The van der Waals surface area contributed by atoms with E-state index < -0.39 is 31.1 Å². The van der Waals surface area contributed by atoms with Crippen LogP contribution in [0.15, 0.2) is 0 Å². The standard InChI is InChI=1S/2C2H6O4S.Mg/c2*1-2(3)7(4,5)6;/h2*2-3H,1H3,(H,4,5,6);/q;;+2/p-2. The summed E-state index contributed by atoms with van der Waals surface area (Å²) in [5.74, 6) is 0. The van der Waals surface area contributed by atoms with E-state index in [9.17, 15) is 25.9 Å². The maximum Gasteiger partial charge on any atom is 2.00 e. The van der Waals surface area contributed by atoms with Gasteiger partial charge in [0, 0.05) is 0 Å². The minimum absolute atomic E-state index is 0. The molecule has 2 atom stereocenters. The van der Waals surface area contributed by atoms with Crippen molar-refractivity contribution in [3.63, 3.8) is 0 Å². The molecule has 0 aliphatic heterocycles. The molecule has 11 heteroatoms. The van der Waals surface area contributed by atoms with Gasteiger partial charge in [0.15, 0.2) is 0 Å². The minimum atomic E-state index is -4.44. The van der Waals surface area contributed by atoms with Gasteiger partial charge in [0.25, 0.3) is 0 Å². The summed E-state index contributed by atoms with van der Waals surface area (Å²) in [6, 6.07) is 0. The first kappa shape index (κ1) is 20.9. The Morgan fingerprint density at radius 2 is 0.933 bits per heavy atom. The Morgan fingerprint density at radius 1 is 0.867 bits per heavy atom. The SMILES string of the molecule is CC(O)S(=O)(=O)[O-].CC(O)S(=O)(=O)[O-].[Mg+2]. The molecule has 0 aliphatic carbocycles. The van der Waals surface area contributed by atoms with Crippen molar-refractivity contribution in [2.75, 3.05) is 0 Å². The number of rotatable bonds is 2. The average Bonchev–Trinajstić information content (AvgIpc) is 1.83. The molecule has 0 aromatic rings. The molecule has 15 heavy (non-hydrogen) atoms. The van der Waals surface area contributed by atoms with Crippen LogP contribution in [0.2, 0.25) is 0 Å². The molecule has 2 N–H and O–H groups in total. The molecule has 0 aromatic heterocycles. The fraction of sp³-hybridized carbons (Fsp3) is 1.00. The van der Waals surface area contributed by atoms with E-state index in [4.69, 9.17) is 10.2 Å². The summed E-state index contributed by atoms with van der Waals surface area (Å²) in [4.78, 5) is 0. The zero-order valence-corrected chi connectivity index (χ0v) is 11.1. The molecule has 88 valence electrons. The van der Waals surface area contributed by atoms with Crippen LogP contribution in [0, 0.1) is 0 Å². The van der Waals surface area contributed by atoms with Crippen molar-refractivity contribution < 1.29 is 36.2 Å². The second-order valence-electron chi connectivity index (χ2n) is 2.18. The Bertz CT molecular complexity index is 305. The van der Waals surface area contributed by atoms with Crippen molar-refractivity contribution in [1.82, 2.24) is 0 Å². The van der Waals surface area contributed by atoms with E-state index in [1.54, 1.807) is 0 Å². The fourth-order valence-corrected chi connectivity index (χ4v) is 0. The molecule has 0 saturated carbocycles. The van der Waals surface area contributed by atoms with E-state index in [1.165, 1.54) is 0 Å². The Labute approximate surface area is 104 Å². The van der Waals surface area contributed by atoms with Crippen molar-refractivity contribution in [2.24, 2.45) is 0 Å². The normalized spacial score (nSPS) is 15.3. The first-order valence-electron chi connectivity index (χ1n) is 3.14. The van der Waals surface area contributed by atoms with Crippen LogP contribution in [0.3, 0.4) is 0 Å². The Kier molecular flexibility index (Phi) is 10.7. The Balaban J connectivity index is -0.000000180. The summed E-state index contributed by atoms with van der Waals surface area (Å²) in [7, 11) is -8.87. The van der Waals surface area contributed by atoms with Crippen LogP contribution in [0.25, 0.3) is 0 Å². The van der Waals surface area contributed by atoms with Crippen molar-refractivity contribution in [3.05, 3.63) is 0 Å². The number of hydrogen-bond acceptors (Lipinski definition) is 8. The van der Waals surface area contributed by atoms with Gasteiger partial charge < -0.3 is 19.3 Å². The molecule has 0 radical (unpaired) electrons. The third-order valence-corrected chi connectivity index (χ3v) is 2.51. The van der Waals surface area contributed by atoms with Crippen LogP contribution in [0.1, 0.15) is 13.8 Å². The molecule has 0 aromatic carbocycles. The fourth-order valence-electron chi connectivity index (χ4n) is 0. The largest absolute Gasteiger partial charge is 2.00 e. The van der Waals surface area contributed by atoms with Gasteiger partial charge in [-0.1, -0.05) is 0 Å². The molecule has 0 spiro atoms. The van der Waals surface area contributed by atoms with Gasteiger partial charge in [-0.3, -0.25) is 0 Å². The van der Waals surface area contributed by atoms with E-state index in [0.717, 1.165) is 13.8 Å². The molecular formula is C4H10MgO8S2. The van der Waals surface area contributed by atoms with Gasteiger partial charge in [0.1, 0.15) is 31.1 Å². The number of hydrogen-bond donors (Lipinski definition) is 2. The average molecular weight is 275 g/mol. The molecule has 0 amide bonds. The van der Waals surface area contributed by atoms with Crippen LogP contribution in [-0.2, 0) is 20.2 Å². The van der Waals surface area contributed by atoms with E-state index in [2.05, 4.69) is 0 Å². The Hall–Kier alpha value is 0.506. The van der Waals surface area contributed by atoms with Crippen LogP contribution >= 0.6 is 0 Å². The van der Waals surface area contributed by atoms with Crippen LogP contribution in [-0.4, -0.2) is 70.1 Å². The van der Waals surface area contributed by atoms with Gasteiger partial charge >= 0.3 is 23.1 Å². The minimum Gasteiger partial charge on any atom is -0.746 e. The summed E-state index contributed by atoms with van der Waals surface area (Å²) in [5.41, 5.74) is -3.57. The topological polar surface area (TPSA) is 155 Å². The zero-order chi connectivity index (χ0) is 12.2. The van der Waals surface area contributed by atoms with Gasteiger partial charge in [-0.15, -0.1) is 0 Å². The van der Waals surface area contributed by atoms with E-state index in [-0.39, 0.29) is 23.1 Å². The summed E-state index contributed by atoms with van der Waals surface area (Å²) < 4.78 is 57.2. The molecule has 0 heterocycles. The Morgan fingerprint density at radius 3 is 0.933 bits per heavy atom. The van der Waals surface area contributed by atoms with E-state index in [0.29, 0.717) is 0 Å². The summed E-state index contributed by atoms with van der Waals surface area (Å²) in [6.45, 7) is 1.81. The van der Waals surface area contributed by atoms with Crippen LogP contribution in [0.4, 0.5) is 0 Å². The van der Waals surface area contributed by atoms with Gasteiger partial charge in [0.05, 0.1) is 0 Å². The second-order valence-corrected chi connectivity index (χ2v) is 5.52. The monoisotopic (exact) mass is 274 g/mol. The molecule has 0 aliphatic rings.